The van der Waals surface area contributed by atoms with Crippen LogP contribution in [0.1, 0.15) is 6.23 Å². The van der Waals surface area contributed by atoms with Crippen LogP contribution in [0.5, 0.6) is 0 Å². The van der Waals surface area contributed by atoms with Crippen LogP contribution >= 0.6 is 22.6 Å². The van der Waals surface area contributed by atoms with Gasteiger partial charge < -0.3 is 52.7 Å². The molecule has 2 rings (SSSR count). The molecule has 166 valence electrons. The third kappa shape index (κ3) is 13.1. The van der Waals surface area contributed by atoms with E-state index in [1.165, 1.54) is 0 Å². The zero-order valence-electron chi connectivity index (χ0n) is 18.3. The van der Waals surface area contributed by atoms with Crippen LogP contribution in [0.25, 0.3) is 0 Å². The van der Waals surface area contributed by atoms with Gasteiger partial charge in [-0.1, -0.05) is 7.60 Å². The summed E-state index contributed by atoms with van der Waals surface area (Å²) in [6.07, 6.45) is -5.60. The first-order valence-corrected chi connectivity index (χ1v) is 13.1. The van der Waals surface area contributed by atoms with E-state index in [-0.39, 0.29) is 118 Å². The van der Waals surface area contributed by atoms with Gasteiger partial charge in [0.05, 0.1) is 12.5 Å². The first-order chi connectivity index (χ1) is 13.1. The fourth-order valence-electron chi connectivity index (χ4n) is 2.52. The first-order valence-electron chi connectivity index (χ1n) is 7.68. The van der Waals surface area contributed by atoms with E-state index in [0.717, 1.165) is 16.8 Å². The summed E-state index contributed by atoms with van der Waals surface area (Å²) in [6, 6.07) is 0.927. The number of aliphatic hydroxyl groups is 2. The Bertz CT molecular complexity index is 1020. The summed E-state index contributed by atoms with van der Waals surface area (Å²) in [7, 11) is -15.9. The Kier molecular flexibility index (Phi) is 19.9. The van der Waals surface area contributed by atoms with Crippen molar-refractivity contribution in [2.45, 2.75) is 24.5 Å². The number of hydrogen-bond acceptors (Lipinski definition) is 13. The van der Waals surface area contributed by atoms with Crippen molar-refractivity contribution in [3.63, 3.8) is 0 Å². The third-order valence-electron chi connectivity index (χ3n) is 3.68. The molecular weight excluding hydrogens is 553 g/mol. The Morgan fingerprint density at radius 2 is 1.55 bits per heavy atom. The molecule has 0 bridgehead atoms. The fourth-order valence-corrected chi connectivity index (χ4v) is 8.61. The molecular formula is C11H15N2Na4O13P3. The second kappa shape index (κ2) is 16.2. The van der Waals surface area contributed by atoms with E-state index in [2.05, 4.69) is 4.52 Å². The van der Waals surface area contributed by atoms with Crippen LogP contribution in [0.15, 0.2) is 21.9 Å². The Hall–Kier alpha value is 3.05. The van der Waals surface area contributed by atoms with E-state index in [9.17, 15) is 53.1 Å². The maximum absolute atomic E-state index is 11.8. The SMILES string of the molecule is O=c1ccn([C@@H]2O[C@H](COP(=O)([O-])CP(=O)([O-])CP(=O)([O-])[O-])[C@@H](O)[C@H]2O)c(=O)[nH]1.[Na+].[Na+].[Na+].[Na+]. The topological polar surface area (TPSA) is 257 Å². The molecule has 1 fully saturated rings. The molecule has 0 aromatic carbocycles. The van der Waals surface area contributed by atoms with Gasteiger partial charge in [0.1, 0.15) is 25.9 Å². The zero-order chi connectivity index (χ0) is 22.2. The van der Waals surface area contributed by atoms with E-state index in [4.69, 9.17) is 4.74 Å². The largest absolute Gasteiger partial charge is 1.00 e. The molecule has 2 heterocycles. The predicted molar refractivity (Wildman–Crippen MR) is 85.8 cm³/mol. The van der Waals surface area contributed by atoms with Crippen LogP contribution in [0.3, 0.4) is 0 Å². The van der Waals surface area contributed by atoms with Crippen molar-refractivity contribution in [2.75, 3.05) is 18.4 Å². The van der Waals surface area contributed by atoms with Crippen molar-refractivity contribution < 1.29 is 171 Å². The number of aliphatic hydroxyl groups excluding tert-OH is 2. The van der Waals surface area contributed by atoms with Gasteiger partial charge in [0.15, 0.2) is 6.23 Å². The number of ether oxygens (including phenoxy) is 1. The third-order valence-corrected chi connectivity index (χ3v) is 10.4. The monoisotopic (exact) mass is 568 g/mol. The minimum Gasteiger partial charge on any atom is -0.810 e. The van der Waals surface area contributed by atoms with Crippen LogP contribution in [-0.4, -0.2) is 56.5 Å². The van der Waals surface area contributed by atoms with E-state index >= 15 is 0 Å². The first kappa shape index (κ1) is 40.5. The van der Waals surface area contributed by atoms with Crippen molar-refractivity contribution in [3.05, 3.63) is 33.1 Å². The summed E-state index contributed by atoms with van der Waals surface area (Å²) in [4.78, 5) is 69.0. The number of nitrogens with zero attached hydrogens (tertiary/aromatic N) is 1. The Morgan fingerprint density at radius 3 is 2.03 bits per heavy atom. The van der Waals surface area contributed by atoms with Gasteiger partial charge in [0.2, 0.25) is 0 Å². The maximum Gasteiger partial charge on any atom is 1.00 e. The van der Waals surface area contributed by atoms with Crippen molar-refractivity contribution >= 4 is 22.6 Å². The normalized spacial score (nSPS) is 25.8. The Balaban J connectivity index is -0.00000225. The predicted octanol–water partition coefficient (Wildman–Crippen LogP) is -16.8. The van der Waals surface area contributed by atoms with Gasteiger partial charge in [-0.3, -0.25) is 14.3 Å². The molecule has 0 spiro atoms. The molecule has 22 heteroatoms. The summed E-state index contributed by atoms with van der Waals surface area (Å²) in [5, 5.41) is 19.9. The summed E-state index contributed by atoms with van der Waals surface area (Å²) in [6.45, 7) is -0.986. The zero-order valence-corrected chi connectivity index (χ0v) is 28.9. The molecule has 2 unspecified atom stereocenters. The van der Waals surface area contributed by atoms with Gasteiger partial charge in [0, 0.05) is 25.5 Å². The minimum atomic E-state index is -5.53. The van der Waals surface area contributed by atoms with E-state index < -0.39 is 76.8 Å². The van der Waals surface area contributed by atoms with Crippen molar-refractivity contribution in [2.24, 2.45) is 0 Å². The Morgan fingerprint density at radius 1 is 1.00 bits per heavy atom. The average molecular weight is 568 g/mol. The van der Waals surface area contributed by atoms with Gasteiger partial charge in [0.25, 0.3) is 5.56 Å². The van der Waals surface area contributed by atoms with E-state index in [0.29, 0.717) is 0 Å². The molecule has 0 radical (unpaired) electrons. The van der Waals surface area contributed by atoms with E-state index in [1.54, 1.807) is 0 Å². The molecule has 6 atom stereocenters. The van der Waals surface area contributed by atoms with Crippen LogP contribution in [0.4, 0.5) is 0 Å². The molecule has 1 aromatic heterocycles. The molecule has 1 aliphatic rings. The fraction of sp³-hybridized carbons (Fsp3) is 0.636. The van der Waals surface area contributed by atoms with Crippen molar-refractivity contribution in [1.82, 2.24) is 9.55 Å². The quantitative estimate of drug-likeness (QED) is 0.195. The molecule has 15 nitrogen and oxygen atoms in total. The van der Waals surface area contributed by atoms with Crippen LogP contribution in [0, 0.1) is 0 Å². The molecule has 1 saturated heterocycles. The summed E-state index contributed by atoms with van der Waals surface area (Å²) in [5.74, 6) is -3.66. The number of rotatable bonds is 8. The van der Waals surface area contributed by atoms with Crippen LogP contribution < -0.4 is 149 Å². The molecule has 1 aliphatic heterocycles. The minimum absolute atomic E-state index is 0. The van der Waals surface area contributed by atoms with Gasteiger partial charge >= 0.3 is 124 Å². The Labute approximate surface area is 275 Å². The summed E-state index contributed by atoms with van der Waals surface area (Å²) in [5.41, 5.74) is -1.73. The number of H-pyrrole nitrogens is 1. The standard InChI is InChI=1S/C11H19N2O13P3.4Na/c14-7-1-2-13(11(17)12-7)10-9(16)8(15)6(26-10)3-25-29(23,24)5-27(18,19)4-28(20,21)22;;;;/h1-2,6,8-10,15-16H,3-5H2,(H,18,19)(H,23,24)(H,12,14,17)(H2,20,21,22);;;;/q;4*+1/p-4/t6-,8-,9-,10-;;;;/m1..../s1. The maximum atomic E-state index is 11.8. The molecule has 0 saturated carbocycles. The van der Waals surface area contributed by atoms with Gasteiger partial charge in [-0.25, -0.2) is 4.79 Å². The van der Waals surface area contributed by atoms with Crippen molar-refractivity contribution in [3.8, 4) is 0 Å². The summed E-state index contributed by atoms with van der Waals surface area (Å²) < 4.78 is 44.1. The molecule has 0 aliphatic carbocycles. The molecule has 1 aromatic rings. The number of hydrogen-bond donors (Lipinski definition) is 3. The summed E-state index contributed by atoms with van der Waals surface area (Å²) >= 11 is 0. The van der Waals surface area contributed by atoms with E-state index in [1.807, 2.05) is 4.98 Å². The number of nitrogens with one attached hydrogen (secondary N) is 1. The second-order valence-corrected chi connectivity index (χ2v) is 12.8. The number of aromatic nitrogens is 2. The van der Waals surface area contributed by atoms with Crippen LogP contribution in [0.2, 0.25) is 0 Å². The van der Waals surface area contributed by atoms with Gasteiger partial charge in [-0.15, -0.1) is 0 Å². The van der Waals surface area contributed by atoms with Gasteiger partial charge in [-0.2, -0.15) is 0 Å². The molecule has 0 amide bonds. The van der Waals surface area contributed by atoms with Crippen LogP contribution in [-0.2, 0) is 23.0 Å². The number of aromatic amines is 1. The smallest absolute Gasteiger partial charge is 0.810 e. The van der Waals surface area contributed by atoms with Crippen molar-refractivity contribution in [1.29, 1.82) is 0 Å². The second-order valence-electron chi connectivity index (χ2n) is 6.18. The average Bonchev–Trinajstić information content (AvgIpc) is 2.78. The molecule has 3 N–H and O–H groups in total. The van der Waals surface area contributed by atoms with Gasteiger partial charge in [-0.05, 0) is 0 Å². The molecule has 33 heavy (non-hydrogen) atoms.